The van der Waals surface area contributed by atoms with Gasteiger partial charge in [-0.15, -0.1) is 11.3 Å². The van der Waals surface area contributed by atoms with Gasteiger partial charge in [0.2, 0.25) is 0 Å². The van der Waals surface area contributed by atoms with E-state index in [1.54, 1.807) is 46.9 Å². The predicted octanol–water partition coefficient (Wildman–Crippen LogP) is 39.0. The van der Waals surface area contributed by atoms with Gasteiger partial charge in [0.05, 0.1) is 65.1 Å². The second kappa shape index (κ2) is 88.8. The number of benzene rings is 13. The number of ether oxygens (including phenoxy) is 3. The number of furan rings is 1. The van der Waals surface area contributed by atoms with Crippen molar-refractivity contribution in [3.63, 3.8) is 0 Å². The molecule has 0 fully saturated rings. The third-order valence-electron chi connectivity index (χ3n) is 19.6. The number of esters is 1. The zero-order valence-electron chi connectivity index (χ0n) is 93.2. The van der Waals surface area contributed by atoms with E-state index in [0.29, 0.717) is 17.8 Å². The number of hydrogen-bond acceptors (Lipinski definition) is 16. The molecule has 5 aromatic heterocycles. The van der Waals surface area contributed by atoms with Crippen molar-refractivity contribution >= 4 is 101 Å². The van der Waals surface area contributed by atoms with E-state index >= 15 is 0 Å². The lowest BCUT2D eigenvalue weighted by Gasteiger charge is -1.94. The summed E-state index contributed by atoms with van der Waals surface area (Å²) >= 11 is 1.68. The van der Waals surface area contributed by atoms with Gasteiger partial charge in [-0.05, 0) is 174 Å². The molecular formula is C131H169N7O8S. The lowest BCUT2D eigenvalue weighted by Crippen LogP contribution is -1.99. The molecule has 0 amide bonds. The molecule has 0 unspecified atom stereocenters. The molecule has 18 aromatic rings. The number of carbonyl (C=O) groups is 1. The van der Waals surface area contributed by atoms with E-state index in [9.17, 15) is 9.59 Å². The third-order valence-corrected chi connectivity index (χ3v) is 20.4. The largest absolute Gasteiger partial charge is 0.493 e. The maximum absolute atomic E-state index is 10.7. The van der Waals surface area contributed by atoms with E-state index in [2.05, 4.69) is 133 Å². The van der Waals surface area contributed by atoms with Crippen LogP contribution in [0, 0.1) is 12.3 Å². The summed E-state index contributed by atoms with van der Waals surface area (Å²) in [5.41, 5.74) is 23.6. The lowest BCUT2D eigenvalue weighted by atomic mass is 10.1. The Hall–Kier alpha value is -14.9. The second-order valence-corrected chi connectivity index (χ2v) is 28.7. The highest BCUT2D eigenvalue weighted by atomic mass is 32.1. The average molecular weight is 2000 g/mol. The number of aromatic nitrogens is 3. The Morgan fingerprint density at radius 2 is 0.803 bits per heavy atom. The normalized spacial score (nSPS) is 10.7. The number of para-hydroxylation sites is 10. The first-order valence-electron chi connectivity index (χ1n) is 53.1. The molecule has 16 heteroatoms. The number of allylic oxidation sites excluding steroid dienone is 1. The number of aryl methyl sites for hydroxylation is 3. The zero-order chi connectivity index (χ0) is 109. The SMILES string of the molecule is C1=Cc2ccccc2C1.C1=Nc2ccccc2C1.CC.CC.CC.CC.CC.CC.CC.CC.CC.CC.CC.CC.CC.Cc1ccccc1C=N.O=C1Cc2ccccc2O1.O=c1ccc2ccccc2o1.c1ccc2c(c1)CCC2.c1ccc2c(c1)CCO2.c1ccc2c(c1)CCO2.c1ccc2c(c1)CN=N2.c1ccc2ncccc2c1.c1ccc2occc2c1.c1ccc2ocnc2c1.c1ccc2scnc2c1. The van der Waals surface area contributed by atoms with Gasteiger partial charge in [0.1, 0.15) is 33.9 Å². The fourth-order valence-electron chi connectivity index (χ4n) is 13.3. The predicted molar refractivity (Wildman–Crippen MR) is 638 cm³/mol. The van der Waals surface area contributed by atoms with Gasteiger partial charge in [0.25, 0.3) is 0 Å². The van der Waals surface area contributed by atoms with Crippen LogP contribution in [0.3, 0.4) is 0 Å². The number of hydrogen-bond donors (Lipinski definition) is 1. The fraction of sp³-hybridized carbons (Fsp3) is 0.290. The number of oxazole rings is 1. The summed E-state index contributed by atoms with van der Waals surface area (Å²) in [5, 5.41) is 18.1. The van der Waals surface area contributed by atoms with E-state index in [1.807, 2.05) is 435 Å². The minimum Gasteiger partial charge on any atom is -0.493 e. The molecule has 0 bridgehead atoms. The number of rotatable bonds is 1. The molecule has 0 saturated heterocycles. The maximum atomic E-state index is 10.7. The van der Waals surface area contributed by atoms with Gasteiger partial charge in [-0.2, -0.15) is 10.2 Å². The summed E-state index contributed by atoms with van der Waals surface area (Å²) in [6.07, 6.45) is 21.3. The van der Waals surface area contributed by atoms with Gasteiger partial charge in [-0.25, -0.2) is 14.8 Å². The van der Waals surface area contributed by atoms with Crippen molar-refractivity contribution < 1.29 is 32.3 Å². The first-order chi connectivity index (χ1) is 72.7. The Balaban J connectivity index is 0.00000154. The van der Waals surface area contributed by atoms with Crippen molar-refractivity contribution in [3.8, 4) is 17.2 Å². The van der Waals surface area contributed by atoms with Crippen molar-refractivity contribution in [1.82, 2.24) is 15.0 Å². The van der Waals surface area contributed by atoms with E-state index < -0.39 is 0 Å². The highest BCUT2D eigenvalue weighted by Crippen LogP contribution is 2.29. The van der Waals surface area contributed by atoms with E-state index in [1.165, 1.54) is 81.4 Å². The number of thiazole rings is 1. The van der Waals surface area contributed by atoms with Crippen LogP contribution in [-0.4, -0.2) is 46.6 Å². The van der Waals surface area contributed by atoms with E-state index in [0.717, 1.165) is 123 Å². The molecule has 782 valence electrons. The van der Waals surface area contributed by atoms with Crippen LogP contribution in [0.15, 0.2) is 409 Å². The number of nitrogens with zero attached hydrogens (tertiary/aromatic N) is 6. The standard InChI is InChI=1S/C9H7N.C9H6O2.C9H10.C9H8.C8H7N.C8H9N.C8H6O2.2C8H8O.C8H6O.C7H6N2.C7H5NO.C7H5NS.13C2H6/c1-2-6-9-8(4-1)5-3-7-10-9;10-9-6-5-7-3-1-2-4-8(7)11-9;2*1-2-5-9-7-3-6-8(9)4-1;1-2-4-8-7(3-1)5-6-9-8;1-7-4-2-3-5-8(7)6-9;9-8-5-6-3-1-2-4-7(6)10-8;3*1-2-4-8-7(3-1)5-6-9-8;1-2-4-7-6(3-1)5-8-9-7;2*1-2-4-7-6(3-1)8-5-9-7;13*1-2/h1-7H;1-6H;1-2,4-5H,3,6-7H2;1-6H,7H2;1-4,6H,5H2;2-6,9H,1H3;1-4H,5H2;2*1-4H,5-6H2;1-6H;1-4H,5H2;2*1-5H;13*1-2H3. The number of pyridine rings is 1. The summed E-state index contributed by atoms with van der Waals surface area (Å²) < 4.78 is 31.8. The Morgan fingerprint density at radius 3 is 1.33 bits per heavy atom. The molecule has 147 heavy (non-hydrogen) atoms. The maximum Gasteiger partial charge on any atom is 0.336 e. The molecular weight excluding hydrogens is 1830 g/mol. The minimum atomic E-state index is -0.302. The summed E-state index contributed by atoms with van der Waals surface area (Å²) in [5.74, 6) is 2.70. The van der Waals surface area contributed by atoms with Crippen molar-refractivity contribution in [2.24, 2.45) is 15.2 Å². The highest BCUT2D eigenvalue weighted by Gasteiger charge is 2.19. The number of nitrogens with one attached hydrogen (secondary N) is 1. The van der Waals surface area contributed by atoms with Crippen LogP contribution in [-0.2, 0) is 56.3 Å². The zero-order valence-corrected chi connectivity index (χ0v) is 94.0. The molecule has 2 aliphatic carbocycles. The van der Waals surface area contributed by atoms with E-state index in [4.69, 9.17) is 32.9 Å². The van der Waals surface area contributed by atoms with Crippen molar-refractivity contribution in [2.45, 2.75) is 245 Å². The quantitative estimate of drug-likeness (QED) is 0.0709. The minimum absolute atomic E-state index is 0.152. The fourth-order valence-corrected chi connectivity index (χ4v) is 14.0. The Morgan fingerprint density at radius 1 is 0.347 bits per heavy atom. The number of azo groups is 1. The molecule has 0 spiro atoms. The number of aliphatic imine (C=N–C) groups is 1. The van der Waals surface area contributed by atoms with Crippen molar-refractivity contribution in [2.75, 3.05) is 13.2 Å². The number of carbonyl (C=O) groups excluding carboxylic acids is 1. The molecule has 0 saturated carbocycles. The van der Waals surface area contributed by atoms with Crippen LogP contribution in [0.5, 0.6) is 17.2 Å². The summed E-state index contributed by atoms with van der Waals surface area (Å²) in [4.78, 5) is 37.8. The molecule has 0 radical (unpaired) electrons. The average Bonchev–Trinajstić information content (AvgIpc) is 1.67. The molecule has 5 aliphatic heterocycles. The van der Waals surface area contributed by atoms with Gasteiger partial charge >= 0.3 is 11.6 Å². The van der Waals surface area contributed by atoms with Crippen LogP contribution >= 0.6 is 11.3 Å². The third kappa shape index (κ3) is 50.5. The van der Waals surface area contributed by atoms with Crippen LogP contribution < -0.4 is 19.8 Å². The summed E-state index contributed by atoms with van der Waals surface area (Å²) in [6, 6.07) is 114. The van der Waals surface area contributed by atoms with Crippen LogP contribution in [0.4, 0.5) is 11.4 Å². The van der Waals surface area contributed by atoms with Crippen LogP contribution in [0.25, 0.3) is 60.2 Å². The van der Waals surface area contributed by atoms with Crippen LogP contribution in [0.1, 0.15) is 248 Å². The summed E-state index contributed by atoms with van der Waals surface area (Å²) in [7, 11) is 0. The van der Waals surface area contributed by atoms with Gasteiger partial charge in [0, 0.05) is 71.2 Å². The molecule has 1 N–H and O–H groups in total. The Kier molecular flexibility index (Phi) is 79.8. The Bertz CT molecular complexity index is 5790. The molecule has 15 nitrogen and oxygen atoms in total. The van der Waals surface area contributed by atoms with Crippen molar-refractivity contribution in [3.05, 3.63) is 448 Å². The molecule has 0 atom stereocenters. The molecule has 13 aromatic carbocycles. The second-order valence-electron chi connectivity index (χ2n) is 27.9. The first kappa shape index (κ1) is 132. The van der Waals surface area contributed by atoms with Gasteiger partial charge in [-0.3, -0.25) is 14.8 Å². The monoisotopic (exact) mass is 2000 g/mol. The molecule has 10 heterocycles. The van der Waals surface area contributed by atoms with E-state index in [-0.39, 0.29) is 11.6 Å². The summed E-state index contributed by atoms with van der Waals surface area (Å²) in [6.45, 7) is 56.5. The molecule has 25 rings (SSSR count). The highest BCUT2D eigenvalue weighted by molar-refractivity contribution is 7.16. The van der Waals surface area contributed by atoms with Gasteiger partial charge in [-0.1, -0.05) is 441 Å². The molecule has 7 aliphatic rings. The van der Waals surface area contributed by atoms with Crippen molar-refractivity contribution in [1.29, 1.82) is 5.41 Å². The first-order valence-corrected chi connectivity index (χ1v) is 54.0. The number of fused-ring (bicyclic) bond motifs is 12. The van der Waals surface area contributed by atoms with Gasteiger partial charge in [0.15, 0.2) is 12.0 Å². The van der Waals surface area contributed by atoms with Gasteiger partial charge < -0.3 is 32.9 Å². The smallest absolute Gasteiger partial charge is 0.336 e. The topological polar surface area (TPSA) is 201 Å². The Labute approximate surface area is 886 Å². The van der Waals surface area contributed by atoms with Crippen LogP contribution in [0.2, 0.25) is 0 Å². The lowest BCUT2D eigenvalue weighted by molar-refractivity contribution is -0.131.